The van der Waals surface area contributed by atoms with Crippen LogP contribution in [0.25, 0.3) is 0 Å². The number of rotatable bonds is 5. The molecule has 0 aliphatic rings. The summed E-state index contributed by atoms with van der Waals surface area (Å²) in [6.07, 6.45) is 0.778. The molecule has 0 fully saturated rings. The molecular formula is C18H20O2. The standard InChI is InChI=1S/C18H20O2/c1-4-15(14-8-6-5-7-9-14)18(19)16-12-13(2)10-11-17(16)20-3/h5-12,15H,4H2,1-3H3. The van der Waals surface area contributed by atoms with E-state index in [9.17, 15) is 4.79 Å². The first-order valence-corrected chi connectivity index (χ1v) is 6.91. The van der Waals surface area contributed by atoms with Gasteiger partial charge in [-0.05, 0) is 31.0 Å². The van der Waals surface area contributed by atoms with Crippen molar-refractivity contribution in [2.75, 3.05) is 7.11 Å². The van der Waals surface area contributed by atoms with E-state index in [2.05, 4.69) is 0 Å². The predicted octanol–water partition coefficient (Wildman–Crippen LogP) is 4.38. The van der Waals surface area contributed by atoms with Gasteiger partial charge in [-0.2, -0.15) is 0 Å². The van der Waals surface area contributed by atoms with E-state index in [-0.39, 0.29) is 11.7 Å². The van der Waals surface area contributed by atoms with Gasteiger partial charge in [0.15, 0.2) is 5.78 Å². The molecule has 104 valence electrons. The third-order valence-electron chi connectivity index (χ3n) is 3.55. The van der Waals surface area contributed by atoms with Gasteiger partial charge in [-0.25, -0.2) is 0 Å². The van der Waals surface area contributed by atoms with Crippen LogP contribution in [0.1, 0.15) is 40.7 Å². The van der Waals surface area contributed by atoms with Crippen molar-refractivity contribution >= 4 is 5.78 Å². The van der Waals surface area contributed by atoms with E-state index < -0.39 is 0 Å². The van der Waals surface area contributed by atoms with Crippen molar-refractivity contribution in [3.05, 3.63) is 65.2 Å². The molecule has 0 aliphatic carbocycles. The maximum absolute atomic E-state index is 12.8. The highest BCUT2D eigenvalue weighted by atomic mass is 16.5. The van der Waals surface area contributed by atoms with E-state index in [1.807, 2.05) is 62.4 Å². The summed E-state index contributed by atoms with van der Waals surface area (Å²) < 4.78 is 5.33. The fraction of sp³-hybridized carbons (Fsp3) is 0.278. The van der Waals surface area contributed by atoms with Crippen molar-refractivity contribution in [3.8, 4) is 5.75 Å². The topological polar surface area (TPSA) is 26.3 Å². The number of methoxy groups -OCH3 is 1. The normalized spacial score (nSPS) is 11.9. The Bertz CT molecular complexity index is 588. The van der Waals surface area contributed by atoms with Gasteiger partial charge in [0.25, 0.3) is 0 Å². The van der Waals surface area contributed by atoms with Crippen molar-refractivity contribution in [1.29, 1.82) is 0 Å². The number of aryl methyl sites for hydroxylation is 1. The lowest BCUT2D eigenvalue weighted by molar-refractivity contribution is 0.0954. The zero-order chi connectivity index (χ0) is 14.5. The Kier molecular flexibility index (Phi) is 4.57. The molecule has 0 bridgehead atoms. The summed E-state index contributed by atoms with van der Waals surface area (Å²) in [7, 11) is 1.60. The number of carbonyl (C=O) groups excluding carboxylic acids is 1. The third kappa shape index (κ3) is 2.90. The van der Waals surface area contributed by atoms with E-state index in [0.29, 0.717) is 11.3 Å². The predicted molar refractivity (Wildman–Crippen MR) is 81.5 cm³/mol. The van der Waals surface area contributed by atoms with E-state index in [1.165, 1.54) is 0 Å². The lowest BCUT2D eigenvalue weighted by atomic mass is 9.88. The SMILES string of the molecule is CCC(C(=O)c1cc(C)ccc1OC)c1ccccc1. The molecule has 2 aromatic carbocycles. The quantitative estimate of drug-likeness (QED) is 0.752. The van der Waals surface area contributed by atoms with Crippen molar-refractivity contribution in [1.82, 2.24) is 0 Å². The van der Waals surface area contributed by atoms with E-state index in [0.717, 1.165) is 17.5 Å². The molecule has 2 rings (SSSR count). The summed E-state index contributed by atoms with van der Waals surface area (Å²) >= 11 is 0. The van der Waals surface area contributed by atoms with Crippen LogP contribution in [0.3, 0.4) is 0 Å². The van der Waals surface area contributed by atoms with Crippen molar-refractivity contribution in [2.45, 2.75) is 26.2 Å². The lowest BCUT2D eigenvalue weighted by Gasteiger charge is -2.16. The number of hydrogen-bond acceptors (Lipinski definition) is 2. The largest absolute Gasteiger partial charge is 0.496 e. The first kappa shape index (κ1) is 14.3. The van der Waals surface area contributed by atoms with Crippen LogP contribution in [-0.4, -0.2) is 12.9 Å². The fourth-order valence-electron chi connectivity index (χ4n) is 2.46. The van der Waals surface area contributed by atoms with Gasteiger partial charge in [0, 0.05) is 5.92 Å². The van der Waals surface area contributed by atoms with Crippen molar-refractivity contribution < 1.29 is 9.53 Å². The Balaban J connectivity index is 2.41. The van der Waals surface area contributed by atoms with Gasteiger partial charge >= 0.3 is 0 Å². The molecule has 2 heteroatoms. The van der Waals surface area contributed by atoms with Gasteiger partial charge in [0.1, 0.15) is 5.75 Å². The van der Waals surface area contributed by atoms with Crippen LogP contribution < -0.4 is 4.74 Å². The van der Waals surface area contributed by atoms with Crippen LogP contribution in [0.5, 0.6) is 5.75 Å². The van der Waals surface area contributed by atoms with Gasteiger partial charge in [-0.1, -0.05) is 48.9 Å². The van der Waals surface area contributed by atoms with Gasteiger partial charge in [0.2, 0.25) is 0 Å². The molecular weight excluding hydrogens is 248 g/mol. The van der Waals surface area contributed by atoms with Gasteiger partial charge < -0.3 is 4.74 Å². The second-order valence-electron chi connectivity index (χ2n) is 4.94. The molecule has 1 unspecified atom stereocenters. The molecule has 0 saturated carbocycles. The number of hydrogen-bond donors (Lipinski definition) is 0. The summed E-state index contributed by atoms with van der Waals surface area (Å²) in [4.78, 5) is 12.8. The Labute approximate surface area is 120 Å². The molecule has 0 heterocycles. The molecule has 2 aromatic rings. The van der Waals surface area contributed by atoms with Gasteiger partial charge in [-0.3, -0.25) is 4.79 Å². The molecule has 0 radical (unpaired) electrons. The number of ketones is 1. The zero-order valence-electron chi connectivity index (χ0n) is 12.2. The third-order valence-corrected chi connectivity index (χ3v) is 3.55. The minimum absolute atomic E-state index is 0.119. The molecule has 0 aliphatic heterocycles. The van der Waals surface area contributed by atoms with E-state index in [4.69, 9.17) is 4.74 Å². The second kappa shape index (κ2) is 6.38. The minimum Gasteiger partial charge on any atom is -0.496 e. The summed E-state index contributed by atoms with van der Waals surface area (Å²) in [6, 6.07) is 15.7. The Morgan fingerprint density at radius 1 is 1.15 bits per heavy atom. The molecule has 0 spiro atoms. The molecule has 0 saturated heterocycles. The highest BCUT2D eigenvalue weighted by Gasteiger charge is 2.23. The average molecular weight is 268 g/mol. The molecule has 0 aromatic heterocycles. The van der Waals surface area contributed by atoms with E-state index >= 15 is 0 Å². The highest BCUT2D eigenvalue weighted by Crippen LogP contribution is 2.29. The maximum atomic E-state index is 12.8. The maximum Gasteiger partial charge on any atom is 0.174 e. The van der Waals surface area contributed by atoms with E-state index in [1.54, 1.807) is 7.11 Å². The van der Waals surface area contributed by atoms with Crippen molar-refractivity contribution in [2.24, 2.45) is 0 Å². The Morgan fingerprint density at radius 3 is 2.45 bits per heavy atom. The number of carbonyl (C=O) groups is 1. The molecule has 2 nitrogen and oxygen atoms in total. The summed E-state index contributed by atoms with van der Waals surface area (Å²) in [5.74, 6) is 0.654. The number of benzene rings is 2. The second-order valence-corrected chi connectivity index (χ2v) is 4.94. The monoisotopic (exact) mass is 268 g/mol. The highest BCUT2D eigenvalue weighted by molar-refractivity contribution is 6.03. The van der Waals surface area contributed by atoms with Crippen LogP contribution in [0.2, 0.25) is 0 Å². The Morgan fingerprint density at radius 2 is 1.85 bits per heavy atom. The fourth-order valence-corrected chi connectivity index (χ4v) is 2.46. The molecule has 0 amide bonds. The summed E-state index contributed by atoms with van der Waals surface area (Å²) in [5.41, 5.74) is 2.80. The van der Waals surface area contributed by atoms with Crippen LogP contribution in [0, 0.1) is 6.92 Å². The smallest absolute Gasteiger partial charge is 0.174 e. The number of Topliss-reactive ketones (excluding diaryl/α,β-unsaturated/α-hetero) is 1. The summed E-state index contributed by atoms with van der Waals surface area (Å²) in [6.45, 7) is 4.03. The van der Waals surface area contributed by atoms with Gasteiger partial charge in [0.05, 0.1) is 12.7 Å². The van der Waals surface area contributed by atoms with Gasteiger partial charge in [-0.15, -0.1) is 0 Å². The first-order valence-electron chi connectivity index (χ1n) is 6.91. The van der Waals surface area contributed by atoms with Crippen LogP contribution in [0.15, 0.2) is 48.5 Å². The first-order chi connectivity index (χ1) is 9.67. The lowest BCUT2D eigenvalue weighted by Crippen LogP contribution is -2.13. The molecule has 20 heavy (non-hydrogen) atoms. The molecule has 1 atom stereocenters. The minimum atomic E-state index is -0.119. The van der Waals surface area contributed by atoms with Crippen molar-refractivity contribution in [3.63, 3.8) is 0 Å². The Hall–Kier alpha value is -2.09. The van der Waals surface area contributed by atoms with Crippen LogP contribution in [-0.2, 0) is 0 Å². The van der Waals surface area contributed by atoms with Crippen LogP contribution in [0.4, 0.5) is 0 Å². The van der Waals surface area contributed by atoms with Crippen LogP contribution >= 0.6 is 0 Å². The molecule has 0 N–H and O–H groups in total. The average Bonchev–Trinajstić information content (AvgIpc) is 2.49. The zero-order valence-corrected chi connectivity index (χ0v) is 12.2. The number of ether oxygens (including phenoxy) is 1. The summed E-state index contributed by atoms with van der Waals surface area (Å²) in [5, 5.41) is 0.